The minimum Gasteiger partial charge on any atom is -0.460 e. The van der Waals surface area contributed by atoms with Crippen molar-refractivity contribution in [1.29, 1.82) is 0 Å². The molecule has 0 bridgehead atoms. The van der Waals surface area contributed by atoms with E-state index in [9.17, 15) is 19.2 Å². The molecular formula is C34H50N4O5. The molecule has 0 fully saturated rings. The smallest absolute Gasteiger partial charge is 0.323 e. The summed E-state index contributed by atoms with van der Waals surface area (Å²) in [5, 5.41) is 8.90. The Labute approximate surface area is 256 Å². The van der Waals surface area contributed by atoms with E-state index in [1.807, 2.05) is 102 Å². The van der Waals surface area contributed by atoms with Gasteiger partial charge < -0.3 is 21.1 Å². The Balaban J connectivity index is 2.19. The molecule has 0 heterocycles. The molecule has 0 unspecified atom stereocenters. The van der Waals surface area contributed by atoms with Crippen LogP contribution in [0, 0.1) is 17.8 Å². The lowest BCUT2D eigenvalue weighted by Crippen LogP contribution is -2.58. The highest BCUT2D eigenvalue weighted by Crippen LogP contribution is 2.14. The monoisotopic (exact) mass is 594 g/mol. The summed E-state index contributed by atoms with van der Waals surface area (Å²) in [6.45, 7) is 12.0. The van der Waals surface area contributed by atoms with Gasteiger partial charge in [0.15, 0.2) is 0 Å². The number of carbonyl (C=O) groups excluding carboxylic acids is 4. The zero-order valence-electron chi connectivity index (χ0n) is 26.5. The van der Waals surface area contributed by atoms with Crippen LogP contribution in [0.1, 0.15) is 71.9 Å². The molecule has 2 aromatic carbocycles. The number of amides is 3. The number of primary amides is 1. The molecule has 3 amide bonds. The van der Waals surface area contributed by atoms with E-state index in [1.165, 1.54) is 0 Å². The van der Waals surface area contributed by atoms with Gasteiger partial charge in [-0.05, 0) is 48.1 Å². The summed E-state index contributed by atoms with van der Waals surface area (Å²) in [5.41, 5.74) is 7.36. The summed E-state index contributed by atoms with van der Waals surface area (Å²) in [5.74, 6) is -1.58. The van der Waals surface area contributed by atoms with E-state index >= 15 is 0 Å². The SMILES string of the molecule is CC(C)C[C@H](NC(=O)[C@H](CC(C)C)N[C@H](CC(C)C)C(=O)OCc1ccccc1)C(=O)N[C@@H](Cc1ccccc1)C(N)=O. The molecule has 0 radical (unpaired) electrons. The first-order valence-electron chi connectivity index (χ1n) is 15.3. The van der Waals surface area contributed by atoms with Gasteiger partial charge in [-0.15, -0.1) is 0 Å². The zero-order valence-corrected chi connectivity index (χ0v) is 26.5. The number of nitrogens with one attached hydrogen (secondary N) is 3. The Morgan fingerprint density at radius 1 is 0.628 bits per heavy atom. The Hall–Kier alpha value is -3.72. The van der Waals surface area contributed by atoms with Crippen LogP contribution in [0.4, 0.5) is 0 Å². The molecule has 0 aliphatic carbocycles. The van der Waals surface area contributed by atoms with Gasteiger partial charge in [-0.2, -0.15) is 0 Å². The van der Waals surface area contributed by atoms with E-state index in [0.717, 1.165) is 11.1 Å². The van der Waals surface area contributed by atoms with E-state index in [1.54, 1.807) is 0 Å². The predicted molar refractivity (Wildman–Crippen MR) is 169 cm³/mol. The maximum atomic E-state index is 13.7. The fourth-order valence-electron chi connectivity index (χ4n) is 4.82. The Morgan fingerprint density at radius 3 is 1.58 bits per heavy atom. The number of esters is 1. The fourth-order valence-corrected chi connectivity index (χ4v) is 4.82. The van der Waals surface area contributed by atoms with Gasteiger partial charge in [-0.1, -0.05) is 102 Å². The highest BCUT2D eigenvalue weighted by molar-refractivity contribution is 5.93. The second kappa shape index (κ2) is 18.1. The van der Waals surface area contributed by atoms with Crippen molar-refractivity contribution in [3.63, 3.8) is 0 Å². The van der Waals surface area contributed by atoms with Gasteiger partial charge in [0.1, 0.15) is 24.7 Å². The van der Waals surface area contributed by atoms with E-state index in [-0.39, 0.29) is 30.8 Å². The molecule has 0 saturated carbocycles. The van der Waals surface area contributed by atoms with Gasteiger partial charge >= 0.3 is 5.97 Å². The largest absolute Gasteiger partial charge is 0.460 e. The summed E-state index contributed by atoms with van der Waals surface area (Å²) in [4.78, 5) is 52.5. The second-order valence-corrected chi connectivity index (χ2v) is 12.5. The summed E-state index contributed by atoms with van der Waals surface area (Å²) in [7, 11) is 0. The molecule has 2 aromatic rings. The van der Waals surface area contributed by atoms with Gasteiger partial charge in [0.2, 0.25) is 17.7 Å². The highest BCUT2D eigenvalue weighted by atomic mass is 16.5. The Kier molecular flexibility index (Phi) is 14.9. The standard InChI is InChI=1S/C34H50N4O5/c1-22(2)17-28(36-30(19-24(5)6)34(42)43-21-26-15-11-8-12-16-26)32(40)38-29(18-23(3)4)33(41)37-27(31(35)39)20-25-13-9-7-10-14-25/h7-16,22-24,27-30,36H,17-21H2,1-6H3,(H2,35,39)(H,37,41)(H,38,40)/t27-,28-,29-,30+/m0/s1. The average molecular weight is 595 g/mol. The third kappa shape index (κ3) is 13.4. The minimum absolute atomic E-state index is 0.0790. The lowest BCUT2D eigenvalue weighted by molar-refractivity contribution is -0.148. The molecule has 9 heteroatoms. The van der Waals surface area contributed by atoms with Crippen molar-refractivity contribution in [3.05, 3.63) is 71.8 Å². The topological polar surface area (TPSA) is 140 Å². The summed E-state index contributed by atoms with van der Waals surface area (Å²) < 4.78 is 5.62. The minimum atomic E-state index is -0.930. The van der Waals surface area contributed by atoms with E-state index in [4.69, 9.17) is 10.5 Å². The van der Waals surface area contributed by atoms with Crippen LogP contribution in [0.2, 0.25) is 0 Å². The molecule has 0 saturated heterocycles. The molecule has 4 atom stereocenters. The summed E-state index contributed by atoms with van der Waals surface area (Å²) in [6, 6.07) is 15.4. The quantitative estimate of drug-likeness (QED) is 0.193. The molecular weight excluding hydrogens is 544 g/mol. The number of hydrogen-bond acceptors (Lipinski definition) is 6. The van der Waals surface area contributed by atoms with Crippen molar-refractivity contribution < 1.29 is 23.9 Å². The fraction of sp³-hybridized carbons (Fsp3) is 0.529. The first kappa shape index (κ1) is 35.5. The zero-order chi connectivity index (χ0) is 31.9. The molecule has 0 aliphatic heterocycles. The summed E-state index contributed by atoms with van der Waals surface area (Å²) in [6.07, 6.45) is 1.52. The van der Waals surface area contributed by atoms with Crippen LogP contribution in [0.3, 0.4) is 0 Å². The second-order valence-electron chi connectivity index (χ2n) is 12.5. The molecule has 2 rings (SSSR count). The maximum absolute atomic E-state index is 13.7. The lowest BCUT2D eigenvalue weighted by atomic mass is 9.97. The van der Waals surface area contributed by atoms with Gasteiger partial charge in [0.25, 0.3) is 0 Å². The number of ether oxygens (including phenoxy) is 1. The molecule has 236 valence electrons. The van der Waals surface area contributed by atoms with Crippen LogP contribution in [0.25, 0.3) is 0 Å². The number of benzene rings is 2. The van der Waals surface area contributed by atoms with Crippen molar-refractivity contribution in [1.82, 2.24) is 16.0 Å². The normalized spacial score (nSPS) is 14.2. The summed E-state index contributed by atoms with van der Waals surface area (Å²) >= 11 is 0. The third-order valence-corrected chi connectivity index (χ3v) is 6.92. The molecule has 9 nitrogen and oxygen atoms in total. The molecule has 43 heavy (non-hydrogen) atoms. The highest BCUT2D eigenvalue weighted by Gasteiger charge is 2.32. The first-order valence-corrected chi connectivity index (χ1v) is 15.3. The molecule has 0 aliphatic rings. The van der Waals surface area contributed by atoms with E-state index in [2.05, 4.69) is 16.0 Å². The van der Waals surface area contributed by atoms with Crippen molar-refractivity contribution in [2.75, 3.05) is 0 Å². The van der Waals surface area contributed by atoms with Gasteiger partial charge in [-0.3, -0.25) is 24.5 Å². The van der Waals surface area contributed by atoms with Crippen LogP contribution in [0.15, 0.2) is 60.7 Å². The van der Waals surface area contributed by atoms with Crippen LogP contribution < -0.4 is 21.7 Å². The van der Waals surface area contributed by atoms with Crippen molar-refractivity contribution in [2.24, 2.45) is 23.5 Å². The number of nitrogens with two attached hydrogens (primary N) is 1. The molecule has 5 N–H and O–H groups in total. The van der Waals surface area contributed by atoms with Crippen LogP contribution in [-0.4, -0.2) is 47.9 Å². The van der Waals surface area contributed by atoms with E-state index < -0.39 is 47.9 Å². The number of carbonyl (C=O) groups is 4. The van der Waals surface area contributed by atoms with Crippen molar-refractivity contribution in [2.45, 2.75) is 98.0 Å². The van der Waals surface area contributed by atoms with Crippen LogP contribution in [-0.2, 0) is 36.9 Å². The Morgan fingerprint density at radius 2 is 1.07 bits per heavy atom. The van der Waals surface area contributed by atoms with Crippen LogP contribution >= 0.6 is 0 Å². The Bertz CT molecular complexity index is 1150. The maximum Gasteiger partial charge on any atom is 0.323 e. The molecule has 0 aromatic heterocycles. The number of hydrogen-bond donors (Lipinski definition) is 4. The van der Waals surface area contributed by atoms with Crippen LogP contribution in [0.5, 0.6) is 0 Å². The molecule has 0 spiro atoms. The third-order valence-electron chi connectivity index (χ3n) is 6.92. The van der Waals surface area contributed by atoms with Gasteiger partial charge in [-0.25, -0.2) is 0 Å². The lowest BCUT2D eigenvalue weighted by Gasteiger charge is -2.29. The van der Waals surface area contributed by atoms with Crippen molar-refractivity contribution >= 4 is 23.7 Å². The number of rotatable bonds is 18. The average Bonchev–Trinajstić information content (AvgIpc) is 2.94. The predicted octanol–water partition coefficient (Wildman–Crippen LogP) is 3.89. The van der Waals surface area contributed by atoms with Crippen molar-refractivity contribution in [3.8, 4) is 0 Å². The van der Waals surface area contributed by atoms with E-state index in [0.29, 0.717) is 19.3 Å². The first-order chi connectivity index (χ1) is 20.3. The van der Waals surface area contributed by atoms with Gasteiger partial charge in [0.05, 0.1) is 6.04 Å². The van der Waals surface area contributed by atoms with Gasteiger partial charge in [0, 0.05) is 6.42 Å².